The predicted molar refractivity (Wildman–Crippen MR) is 101 cm³/mol. The molecule has 1 aromatic carbocycles. The van der Waals surface area contributed by atoms with Crippen molar-refractivity contribution in [1.82, 2.24) is 9.97 Å². The summed E-state index contributed by atoms with van der Waals surface area (Å²) in [6, 6.07) is 12.9. The third-order valence-electron chi connectivity index (χ3n) is 4.51. The fourth-order valence-electron chi connectivity index (χ4n) is 3.11. The van der Waals surface area contributed by atoms with E-state index >= 15 is 0 Å². The Bertz CT molecular complexity index is 633. The van der Waals surface area contributed by atoms with Crippen LogP contribution in [-0.2, 0) is 0 Å². The molecule has 1 aliphatic carbocycles. The molecule has 0 radical (unpaired) electrons. The fraction of sp³-hybridized carbons (Fsp3) is 0.500. The van der Waals surface area contributed by atoms with Gasteiger partial charge in [0.1, 0.15) is 5.82 Å². The van der Waals surface area contributed by atoms with Crippen LogP contribution in [0.5, 0.6) is 0 Å². The Morgan fingerprint density at radius 3 is 2.54 bits per heavy atom. The van der Waals surface area contributed by atoms with E-state index in [1.807, 2.05) is 18.2 Å². The Kier molecular flexibility index (Phi) is 5.68. The molecule has 0 unspecified atom stereocenters. The smallest absolute Gasteiger partial charge is 0.225 e. The number of rotatable bonds is 7. The molecule has 0 atom stereocenters. The van der Waals surface area contributed by atoms with Crippen molar-refractivity contribution in [2.75, 3.05) is 17.2 Å². The van der Waals surface area contributed by atoms with Gasteiger partial charge in [-0.05, 0) is 25.2 Å². The number of benzene rings is 1. The van der Waals surface area contributed by atoms with Gasteiger partial charge >= 0.3 is 0 Å². The highest BCUT2D eigenvalue weighted by molar-refractivity contribution is 5.64. The van der Waals surface area contributed by atoms with E-state index in [4.69, 9.17) is 4.98 Å². The first kappa shape index (κ1) is 16.7. The van der Waals surface area contributed by atoms with Gasteiger partial charge in [0.15, 0.2) is 0 Å². The van der Waals surface area contributed by atoms with E-state index in [9.17, 15) is 0 Å². The Morgan fingerprint density at radius 1 is 1.08 bits per heavy atom. The van der Waals surface area contributed by atoms with Crippen LogP contribution in [0.4, 0.5) is 11.8 Å². The Balaban J connectivity index is 1.81. The summed E-state index contributed by atoms with van der Waals surface area (Å²) in [4.78, 5) is 9.40. The van der Waals surface area contributed by atoms with Crippen LogP contribution in [0.15, 0.2) is 36.4 Å². The van der Waals surface area contributed by atoms with Gasteiger partial charge in [0, 0.05) is 24.2 Å². The zero-order valence-corrected chi connectivity index (χ0v) is 14.8. The van der Waals surface area contributed by atoms with Crippen molar-refractivity contribution < 1.29 is 0 Å². The first-order valence-corrected chi connectivity index (χ1v) is 9.15. The Labute approximate surface area is 145 Å². The lowest BCUT2D eigenvalue weighted by molar-refractivity contribution is 0.606. The van der Waals surface area contributed by atoms with Gasteiger partial charge < -0.3 is 10.6 Å². The molecule has 4 heteroatoms. The first-order chi connectivity index (χ1) is 11.7. The summed E-state index contributed by atoms with van der Waals surface area (Å²) in [6.45, 7) is 5.37. The molecule has 1 saturated carbocycles. The topological polar surface area (TPSA) is 49.8 Å². The average molecular weight is 324 g/mol. The number of hydrogen-bond acceptors (Lipinski definition) is 4. The fourth-order valence-corrected chi connectivity index (χ4v) is 3.11. The summed E-state index contributed by atoms with van der Waals surface area (Å²) in [5, 5.41) is 6.99. The summed E-state index contributed by atoms with van der Waals surface area (Å²) in [5.41, 5.74) is 2.10. The molecule has 0 bridgehead atoms. The van der Waals surface area contributed by atoms with Crippen molar-refractivity contribution in [3.8, 4) is 11.3 Å². The molecule has 2 N–H and O–H groups in total. The first-order valence-electron chi connectivity index (χ1n) is 9.15. The number of hydrogen-bond donors (Lipinski definition) is 2. The van der Waals surface area contributed by atoms with E-state index in [1.54, 1.807) is 0 Å². The van der Waals surface area contributed by atoms with Gasteiger partial charge in [-0.25, -0.2) is 4.98 Å². The van der Waals surface area contributed by atoms with Crippen LogP contribution >= 0.6 is 0 Å². The van der Waals surface area contributed by atoms with E-state index in [2.05, 4.69) is 47.7 Å². The molecule has 1 aromatic heterocycles. The summed E-state index contributed by atoms with van der Waals surface area (Å²) < 4.78 is 0. The van der Waals surface area contributed by atoms with Crippen LogP contribution in [0.25, 0.3) is 11.3 Å². The van der Waals surface area contributed by atoms with Crippen LogP contribution < -0.4 is 10.6 Å². The van der Waals surface area contributed by atoms with Crippen LogP contribution in [0.3, 0.4) is 0 Å². The minimum absolute atomic E-state index is 0.548. The highest BCUT2D eigenvalue weighted by Crippen LogP contribution is 2.25. The van der Waals surface area contributed by atoms with E-state index < -0.39 is 0 Å². The molecule has 24 heavy (non-hydrogen) atoms. The maximum Gasteiger partial charge on any atom is 0.225 e. The highest BCUT2D eigenvalue weighted by Gasteiger charge is 2.16. The van der Waals surface area contributed by atoms with Crippen LogP contribution in [0, 0.1) is 5.92 Å². The van der Waals surface area contributed by atoms with Gasteiger partial charge in [-0.3, -0.25) is 0 Å². The molecule has 0 aliphatic heterocycles. The normalized spacial score (nSPS) is 15.0. The second kappa shape index (κ2) is 8.13. The minimum atomic E-state index is 0.548. The lowest BCUT2D eigenvalue weighted by Crippen LogP contribution is -2.17. The molecule has 3 rings (SSSR count). The van der Waals surface area contributed by atoms with E-state index in [0.29, 0.717) is 12.0 Å². The molecule has 0 spiro atoms. The predicted octanol–water partition coefficient (Wildman–Crippen LogP) is 4.96. The molecule has 1 aliphatic rings. The maximum absolute atomic E-state index is 4.71. The Morgan fingerprint density at radius 2 is 1.83 bits per heavy atom. The summed E-state index contributed by atoms with van der Waals surface area (Å²) in [7, 11) is 0. The molecule has 0 saturated heterocycles. The van der Waals surface area contributed by atoms with E-state index in [1.165, 1.54) is 25.7 Å². The highest BCUT2D eigenvalue weighted by atomic mass is 15.1. The summed E-state index contributed by atoms with van der Waals surface area (Å²) in [6.07, 6.45) is 6.22. The van der Waals surface area contributed by atoms with Crippen molar-refractivity contribution in [3.63, 3.8) is 0 Å². The van der Waals surface area contributed by atoms with Crippen molar-refractivity contribution in [1.29, 1.82) is 0 Å². The second-order valence-corrected chi connectivity index (χ2v) is 7.06. The van der Waals surface area contributed by atoms with Crippen LogP contribution in [0.2, 0.25) is 0 Å². The summed E-state index contributed by atoms with van der Waals surface area (Å²) >= 11 is 0. The van der Waals surface area contributed by atoms with Gasteiger partial charge in [-0.15, -0.1) is 0 Å². The average Bonchev–Trinajstić information content (AvgIpc) is 3.08. The third kappa shape index (κ3) is 4.70. The van der Waals surface area contributed by atoms with Crippen LogP contribution in [-0.4, -0.2) is 22.6 Å². The number of anilines is 2. The van der Waals surface area contributed by atoms with E-state index in [-0.39, 0.29) is 0 Å². The standard InChI is InChI=1S/C20H28N4/c1-15(2)12-13-21-20-23-18(16-8-4-3-5-9-16)14-19(24-20)22-17-10-6-7-11-17/h3-5,8-9,14-15,17H,6-7,10-13H2,1-2H3,(H2,21,22,23,24). The molecule has 1 heterocycles. The molecular weight excluding hydrogens is 296 g/mol. The lowest BCUT2D eigenvalue weighted by atomic mass is 10.1. The lowest BCUT2D eigenvalue weighted by Gasteiger charge is -2.15. The third-order valence-corrected chi connectivity index (χ3v) is 4.51. The van der Waals surface area contributed by atoms with Crippen molar-refractivity contribution in [2.24, 2.45) is 5.92 Å². The quantitative estimate of drug-likeness (QED) is 0.756. The minimum Gasteiger partial charge on any atom is -0.367 e. The van der Waals surface area contributed by atoms with Gasteiger partial charge in [0.25, 0.3) is 0 Å². The molecule has 128 valence electrons. The molecule has 2 aromatic rings. The van der Waals surface area contributed by atoms with Gasteiger partial charge in [0.2, 0.25) is 5.95 Å². The maximum atomic E-state index is 4.71. The van der Waals surface area contributed by atoms with Crippen molar-refractivity contribution in [2.45, 2.75) is 52.0 Å². The SMILES string of the molecule is CC(C)CCNc1nc(NC2CCCC2)cc(-c2ccccc2)n1. The van der Waals surface area contributed by atoms with Crippen LogP contribution in [0.1, 0.15) is 46.0 Å². The number of aromatic nitrogens is 2. The van der Waals surface area contributed by atoms with Gasteiger partial charge in [-0.2, -0.15) is 4.98 Å². The molecule has 0 amide bonds. The Hall–Kier alpha value is -2.10. The van der Waals surface area contributed by atoms with Crippen molar-refractivity contribution >= 4 is 11.8 Å². The molecule has 1 fully saturated rings. The van der Waals surface area contributed by atoms with Gasteiger partial charge in [0.05, 0.1) is 5.69 Å². The summed E-state index contributed by atoms with van der Waals surface area (Å²) in [5.74, 6) is 2.33. The van der Waals surface area contributed by atoms with Gasteiger partial charge in [-0.1, -0.05) is 57.0 Å². The molecule has 4 nitrogen and oxygen atoms in total. The monoisotopic (exact) mass is 324 g/mol. The van der Waals surface area contributed by atoms with Crippen molar-refractivity contribution in [3.05, 3.63) is 36.4 Å². The second-order valence-electron chi connectivity index (χ2n) is 7.06. The zero-order chi connectivity index (χ0) is 16.8. The van der Waals surface area contributed by atoms with E-state index in [0.717, 1.165) is 36.0 Å². The zero-order valence-electron chi connectivity index (χ0n) is 14.8. The largest absolute Gasteiger partial charge is 0.367 e. The number of nitrogens with zero attached hydrogens (tertiary/aromatic N) is 2. The molecular formula is C20H28N4. The number of nitrogens with one attached hydrogen (secondary N) is 2.